The number of hydrogen-bond donors (Lipinski definition) is 0. The lowest BCUT2D eigenvalue weighted by Crippen LogP contribution is -2.22. The fraction of sp³-hybridized carbons (Fsp3) is 0.0714. The van der Waals surface area contributed by atoms with Crippen LogP contribution in [0.15, 0.2) is 36.4 Å². The Morgan fingerprint density at radius 3 is 2.40 bits per heavy atom. The molecule has 0 aliphatic rings. The summed E-state index contributed by atoms with van der Waals surface area (Å²) in [6.45, 7) is 0.0574. The van der Waals surface area contributed by atoms with Gasteiger partial charge in [0.25, 0.3) is 0 Å². The summed E-state index contributed by atoms with van der Waals surface area (Å²) in [6.07, 6.45) is 0. The van der Waals surface area contributed by atoms with E-state index in [9.17, 15) is 14.3 Å². The molecule has 0 atom stereocenters. The molecule has 0 bridgehead atoms. The molecule has 0 spiro atoms. The van der Waals surface area contributed by atoms with Gasteiger partial charge in [0.05, 0.1) is 16.0 Å². The van der Waals surface area contributed by atoms with Gasteiger partial charge in [0, 0.05) is 5.56 Å². The van der Waals surface area contributed by atoms with Gasteiger partial charge in [-0.05, 0) is 29.8 Å². The first kappa shape index (κ1) is 14.6. The van der Waals surface area contributed by atoms with Crippen molar-refractivity contribution in [2.24, 2.45) is 0 Å². The first-order valence-corrected chi connectivity index (χ1v) is 6.30. The van der Waals surface area contributed by atoms with Gasteiger partial charge in [0.2, 0.25) is 0 Å². The Kier molecular flexibility index (Phi) is 4.47. The highest BCUT2D eigenvalue weighted by Crippen LogP contribution is 2.34. The van der Waals surface area contributed by atoms with Crippen LogP contribution >= 0.6 is 23.2 Å². The molecule has 0 N–H and O–H groups in total. The number of carboxylic acid groups (broad SMARTS) is 1. The van der Waals surface area contributed by atoms with Crippen LogP contribution in [0.2, 0.25) is 10.0 Å². The Hall–Kier alpha value is -1.78. The van der Waals surface area contributed by atoms with E-state index < -0.39 is 5.97 Å². The lowest BCUT2D eigenvalue weighted by Gasteiger charge is -2.12. The maximum absolute atomic E-state index is 13.0. The van der Waals surface area contributed by atoms with Gasteiger partial charge >= 0.3 is 0 Å². The van der Waals surface area contributed by atoms with Gasteiger partial charge in [-0.15, -0.1) is 0 Å². The van der Waals surface area contributed by atoms with Crippen LogP contribution in [0.1, 0.15) is 15.9 Å². The fourth-order valence-corrected chi connectivity index (χ4v) is 2.19. The molecular weight excluding hydrogens is 306 g/mol. The van der Waals surface area contributed by atoms with Crippen LogP contribution in [0.5, 0.6) is 5.75 Å². The molecule has 0 saturated heterocycles. The quantitative estimate of drug-likeness (QED) is 0.871. The molecule has 0 unspecified atom stereocenters. The molecule has 2 aromatic rings. The van der Waals surface area contributed by atoms with Crippen molar-refractivity contribution < 1.29 is 19.0 Å². The van der Waals surface area contributed by atoms with Crippen molar-refractivity contribution in [2.45, 2.75) is 6.61 Å². The van der Waals surface area contributed by atoms with E-state index in [0.717, 1.165) is 0 Å². The second-order valence-corrected chi connectivity index (χ2v) is 4.79. The number of carboxylic acids is 1. The SMILES string of the molecule is O=C([O-])c1cc(Cl)c(OCc2cccc(F)c2)c(Cl)c1. The maximum atomic E-state index is 13.0. The van der Waals surface area contributed by atoms with Crippen LogP contribution < -0.4 is 9.84 Å². The van der Waals surface area contributed by atoms with Crippen LogP contribution in [-0.2, 0) is 6.61 Å². The third kappa shape index (κ3) is 3.40. The maximum Gasteiger partial charge on any atom is 0.157 e. The van der Waals surface area contributed by atoms with Crippen molar-refractivity contribution in [1.82, 2.24) is 0 Å². The first-order chi connectivity index (χ1) is 9.47. The van der Waals surface area contributed by atoms with Crippen LogP contribution in [0.4, 0.5) is 4.39 Å². The Morgan fingerprint density at radius 1 is 1.20 bits per heavy atom. The summed E-state index contributed by atoms with van der Waals surface area (Å²) in [6, 6.07) is 8.24. The molecule has 2 aromatic carbocycles. The van der Waals surface area contributed by atoms with Crippen molar-refractivity contribution in [3.8, 4) is 5.75 Å². The molecule has 0 amide bonds. The smallest absolute Gasteiger partial charge is 0.157 e. The second-order valence-electron chi connectivity index (χ2n) is 3.98. The topological polar surface area (TPSA) is 49.4 Å². The molecule has 0 aliphatic heterocycles. The van der Waals surface area contributed by atoms with E-state index in [1.165, 1.54) is 24.3 Å². The fourth-order valence-electron chi connectivity index (χ4n) is 1.60. The van der Waals surface area contributed by atoms with Crippen molar-refractivity contribution in [3.63, 3.8) is 0 Å². The summed E-state index contributed by atoms with van der Waals surface area (Å²) in [7, 11) is 0. The Balaban J connectivity index is 2.20. The number of aromatic carboxylic acids is 1. The minimum atomic E-state index is -1.38. The molecule has 0 aliphatic carbocycles. The van der Waals surface area contributed by atoms with Crippen LogP contribution in [0.25, 0.3) is 0 Å². The van der Waals surface area contributed by atoms with Gasteiger partial charge in [-0.3, -0.25) is 0 Å². The summed E-state index contributed by atoms with van der Waals surface area (Å²) in [5.41, 5.74) is 0.458. The van der Waals surface area contributed by atoms with Crippen molar-refractivity contribution in [2.75, 3.05) is 0 Å². The standard InChI is InChI=1S/C14H9Cl2FO3/c15-11-5-9(14(18)19)6-12(16)13(11)20-7-8-2-1-3-10(17)4-8/h1-6H,7H2,(H,18,19)/p-1. The molecular formula is C14H8Cl2FO3-. The minimum Gasteiger partial charge on any atom is -0.545 e. The Labute approximate surface area is 124 Å². The first-order valence-electron chi connectivity index (χ1n) is 5.55. The second kappa shape index (κ2) is 6.11. The van der Waals surface area contributed by atoms with E-state index in [1.807, 2.05) is 0 Å². The Bertz CT molecular complexity index is 636. The Morgan fingerprint density at radius 2 is 1.85 bits per heavy atom. The lowest BCUT2D eigenvalue weighted by atomic mass is 10.2. The van der Waals surface area contributed by atoms with E-state index in [-0.39, 0.29) is 33.8 Å². The molecule has 0 aromatic heterocycles. The zero-order valence-corrected chi connectivity index (χ0v) is 11.5. The van der Waals surface area contributed by atoms with Crippen molar-refractivity contribution in [1.29, 1.82) is 0 Å². The highest BCUT2D eigenvalue weighted by Gasteiger charge is 2.10. The number of rotatable bonds is 4. The molecule has 3 nitrogen and oxygen atoms in total. The van der Waals surface area contributed by atoms with Crippen LogP contribution in [0.3, 0.4) is 0 Å². The third-order valence-electron chi connectivity index (χ3n) is 2.51. The summed E-state index contributed by atoms with van der Waals surface area (Å²) in [4.78, 5) is 10.7. The van der Waals surface area contributed by atoms with E-state index in [1.54, 1.807) is 12.1 Å². The van der Waals surface area contributed by atoms with E-state index in [2.05, 4.69) is 0 Å². The van der Waals surface area contributed by atoms with E-state index in [0.29, 0.717) is 5.56 Å². The van der Waals surface area contributed by atoms with Crippen LogP contribution in [-0.4, -0.2) is 5.97 Å². The zero-order valence-electron chi connectivity index (χ0n) is 10.0. The summed E-state index contributed by atoms with van der Waals surface area (Å²) < 4.78 is 18.4. The summed E-state index contributed by atoms with van der Waals surface area (Å²) in [5, 5.41) is 10.8. The average Bonchev–Trinajstić information content (AvgIpc) is 2.37. The third-order valence-corrected chi connectivity index (χ3v) is 3.07. The van der Waals surface area contributed by atoms with Gasteiger partial charge in [-0.2, -0.15) is 0 Å². The zero-order chi connectivity index (χ0) is 14.7. The predicted octanol–water partition coefficient (Wildman–Crippen LogP) is 3.08. The van der Waals surface area contributed by atoms with Crippen molar-refractivity contribution in [3.05, 3.63) is 63.4 Å². The molecule has 2 rings (SSSR count). The predicted molar refractivity (Wildman–Crippen MR) is 71.5 cm³/mol. The van der Waals surface area contributed by atoms with Gasteiger partial charge in [0.1, 0.15) is 12.4 Å². The lowest BCUT2D eigenvalue weighted by molar-refractivity contribution is -0.255. The van der Waals surface area contributed by atoms with Gasteiger partial charge in [-0.1, -0.05) is 35.3 Å². The average molecular weight is 314 g/mol. The molecule has 104 valence electrons. The van der Waals surface area contributed by atoms with Gasteiger partial charge < -0.3 is 14.6 Å². The van der Waals surface area contributed by atoms with E-state index in [4.69, 9.17) is 27.9 Å². The number of carbonyl (C=O) groups is 1. The van der Waals surface area contributed by atoms with E-state index >= 15 is 0 Å². The monoisotopic (exact) mass is 313 g/mol. The van der Waals surface area contributed by atoms with Gasteiger partial charge in [0.15, 0.2) is 5.75 Å². The molecule has 0 heterocycles. The number of carbonyl (C=O) groups excluding carboxylic acids is 1. The van der Waals surface area contributed by atoms with Gasteiger partial charge in [-0.25, -0.2) is 4.39 Å². The number of benzene rings is 2. The molecule has 0 saturated carbocycles. The van der Waals surface area contributed by atoms with Crippen molar-refractivity contribution >= 4 is 29.2 Å². The summed E-state index contributed by atoms with van der Waals surface area (Å²) >= 11 is 11.8. The highest BCUT2D eigenvalue weighted by atomic mass is 35.5. The molecule has 6 heteroatoms. The molecule has 20 heavy (non-hydrogen) atoms. The summed E-state index contributed by atoms with van der Waals surface area (Å²) in [5.74, 6) is -1.62. The normalized spacial score (nSPS) is 10.3. The molecule has 0 radical (unpaired) electrons. The largest absolute Gasteiger partial charge is 0.545 e. The number of hydrogen-bond acceptors (Lipinski definition) is 3. The number of halogens is 3. The molecule has 0 fully saturated rings. The van der Waals surface area contributed by atoms with Crippen LogP contribution in [0, 0.1) is 5.82 Å². The highest BCUT2D eigenvalue weighted by molar-refractivity contribution is 6.37. The number of ether oxygens (including phenoxy) is 1. The minimum absolute atomic E-state index is 0.0492.